The third-order valence-electron chi connectivity index (χ3n) is 7.44. The van der Waals surface area contributed by atoms with Crippen molar-refractivity contribution in [2.45, 2.75) is 38.6 Å². The summed E-state index contributed by atoms with van der Waals surface area (Å²) in [6, 6.07) is 7.65. The number of hydrogen-bond acceptors (Lipinski definition) is 6. The fraction of sp³-hybridized carbons (Fsp3) is 0.519. The van der Waals surface area contributed by atoms with E-state index in [1.807, 2.05) is 33.8 Å². The number of rotatable bonds is 7. The van der Waals surface area contributed by atoms with E-state index < -0.39 is 0 Å². The summed E-state index contributed by atoms with van der Waals surface area (Å²) in [6.45, 7) is 5.17. The fourth-order valence-electron chi connectivity index (χ4n) is 5.40. The number of aromatic nitrogens is 3. The maximum atomic E-state index is 13.2. The first-order valence-corrected chi connectivity index (χ1v) is 12.7. The highest BCUT2D eigenvalue weighted by Gasteiger charge is 2.25. The predicted octanol–water partition coefficient (Wildman–Crippen LogP) is 3.83. The van der Waals surface area contributed by atoms with E-state index in [2.05, 4.69) is 15.0 Å². The molecule has 1 amide bonds. The Bertz CT molecular complexity index is 1160. The Labute approximate surface area is 206 Å². The van der Waals surface area contributed by atoms with Gasteiger partial charge in [-0.25, -0.2) is 9.67 Å². The van der Waals surface area contributed by atoms with Crippen molar-refractivity contribution in [3.63, 3.8) is 0 Å². The van der Waals surface area contributed by atoms with Crippen molar-refractivity contribution >= 4 is 16.9 Å². The summed E-state index contributed by atoms with van der Waals surface area (Å²) in [5.74, 6) is 2.38. The van der Waals surface area contributed by atoms with Crippen LogP contribution in [0.5, 0.6) is 11.5 Å². The van der Waals surface area contributed by atoms with Crippen molar-refractivity contribution in [2.75, 3.05) is 46.9 Å². The van der Waals surface area contributed by atoms with Gasteiger partial charge in [0.2, 0.25) is 0 Å². The van der Waals surface area contributed by atoms with Crippen LogP contribution in [0.2, 0.25) is 0 Å². The largest absolute Gasteiger partial charge is 0.497 e. The molecule has 186 valence electrons. The minimum Gasteiger partial charge on any atom is -0.497 e. The van der Waals surface area contributed by atoms with Crippen LogP contribution in [0.4, 0.5) is 0 Å². The van der Waals surface area contributed by atoms with Crippen LogP contribution in [-0.4, -0.2) is 77.4 Å². The quantitative estimate of drug-likeness (QED) is 0.515. The van der Waals surface area contributed by atoms with Gasteiger partial charge < -0.3 is 14.4 Å². The standard InChI is InChI=1S/C27H35N5O3/c1-34-24-9-8-21(25(15-24)35-2)19-32-26-22(17-29-32)14-23(16-28-26)27(33)31-12-10-30(11-13-31)18-20-6-4-3-5-7-20/h8-9,14-17,20H,3-7,10-13,18-19H2,1-2H3. The summed E-state index contributed by atoms with van der Waals surface area (Å²) in [5.41, 5.74) is 2.35. The van der Waals surface area contributed by atoms with Gasteiger partial charge in [-0.2, -0.15) is 5.10 Å². The molecule has 2 aliphatic rings. The summed E-state index contributed by atoms with van der Waals surface area (Å²) < 4.78 is 12.6. The number of ether oxygens (including phenoxy) is 2. The van der Waals surface area contributed by atoms with E-state index in [0.29, 0.717) is 12.1 Å². The lowest BCUT2D eigenvalue weighted by Crippen LogP contribution is -2.49. The number of fused-ring (bicyclic) bond motifs is 1. The van der Waals surface area contributed by atoms with Gasteiger partial charge in [0.25, 0.3) is 5.91 Å². The van der Waals surface area contributed by atoms with E-state index >= 15 is 0 Å². The fourth-order valence-corrected chi connectivity index (χ4v) is 5.40. The predicted molar refractivity (Wildman–Crippen MR) is 135 cm³/mol. The number of methoxy groups -OCH3 is 2. The topological polar surface area (TPSA) is 72.7 Å². The smallest absolute Gasteiger partial charge is 0.255 e. The molecule has 5 rings (SSSR count). The molecule has 1 saturated carbocycles. The summed E-state index contributed by atoms with van der Waals surface area (Å²) in [6.07, 6.45) is 10.3. The number of benzene rings is 1. The second-order valence-electron chi connectivity index (χ2n) is 9.71. The molecule has 2 fully saturated rings. The highest BCUT2D eigenvalue weighted by molar-refractivity contribution is 5.96. The van der Waals surface area contributed by atoms with Crippen molar-refractivity contribution in [2.24, 2.45) is 5.92 Å². The number of piperazine rings is 1. The van der Waals surface area contributed by atoms with Crippen molar-refractivity contribution in [1.82, 2.24) is 24.6 Å². The Balaban J connectivity index is 1.23. The van der Waals surface area contributed by atoms with Crippen LogP contribution in [0.1, 0.15) is 48.0 Å². The van der Waals surface area contributed by atoms with Gasteiger partial charge in [0.1, 0.15) is 11.5 Å². The summed E-state index contributed by atoms with van der Waals surface area (Å²) in [7, 11) is 3.28. The van der Waals surface area contributed by atoms with Gasteiger partial charge in [-0.3, -0.25) is 9.69 Å². The molecule has 3 heterocycles. The Hall–Kier alpha value is -3.13. The first kappa shape index (κ1) is 23.6. The summed E-state index contributed by atoms with van der Waals surface area (Å²) >= 11 is 0. The Morgan fingerprint density at radius 1 is 1.00 bits per heavy atom. The minimum atomic E-state index is 0.0568. The number of amides is 1. The lowest BCUT2D eigenvalue weighted by Gasteiger charge is -2.37. The van der Waals surface area contributed by atoms with Gasteiger partial charge in [0, 0.05) is 55.9 Å². The van der Waals surface area contributed by atoms with Gasteiger partial charge in [-0.15, -0.1) is 0 Å². The number of hydrogen-bond donors (Lipinski definition) is 0. The molecule has 1 aliphatic carbocycles. The van der Waals surface area contributed by atoms with Crippen LogP contribution < -0.4 is 9.47 Å². The average molecular weight is 478 g/mol. The zero-order valence-electron chi connectivity index (χ0n) is 20.8. The van der Waals surface area contributed by atoms with Crippen LogP contribution in [0, 0.1) is 5.92 Å². The van der Waals surface area contributed by atoms with E-state index in [0.717, 1.165) is 60.2 Å². The Morgan fingerprint density at radius 2 is 1.80 bits per heavy atom. The molecule has 2 aromatic heterocycles. The molecule has 0 unspecified atom stereocenters. The molecule has 0 radical (unpaired) electrons. The Morgan fingerprint density at radius 3 is 2.54 bits per heavy atom. The highest BCUT2D eigenvalue weighted by Crippen LogP contribution is 2.27. The monoisotopic (exact) mass is 477 g/mol. The van der Waals surface area contributed by atoms with Gasteiger partial charge >= 0.3 is 0 Å². The normalized spacial score (nSPS) is 17.6. The second kappa shape index (κ2) is 10.6. The van der Waals surface area contributed by atoms with Crippen molar-refractivity contribution in [3.8, 4) is 11.5 Å². The summed E-state index contributed by atoms with van der Waals surface area (Å²) in [5, 5.41) is 5.38. The molecule has 8 heteroatoms. The molecule has 35 heavy (non-hydrogen) atoms. The van der Waals surface area contributed by atoms with Crippen LogP contribution in [0.3, 0.4) is 0 Å². The van der Waals surface area contributed by atoms with Crippen LogP contribution in [0.25, 0.3) is 11.0 Å². The molecule has 1 saturated heterocycles. The van der Waals surface area contributed by atoms with E-state index in [1.165, 1.54) is 38.6 Å². The Kier molecular flexibility index (Phi) is 7.18. The maximum Gasteiger partial charge on any atom is 0.255 e. The third kappa shape index (κ3) is 5.27. The third-order valence-corrected chi connectivity index (χ3v) is 7.44. The lowest BCUT2D eigenvalue weighted by atomic mass is 9.89. The zero-order valence-corrected chi connectivity index (χ0v) is 20.8. The van der Waals surface area contributed by atoms with Gasteiger partial charge in [0.05, 0.1) is 32.5 Å². The van der Waals surface area contributed by atoms with Crippen molar-refractivity contribution in [1.29, 1.82) is 0 Å². The van der Waals surface area contributed by atoms with E-state index in [4.69, 9.17) is 9.47 Å². The lowest BCUT2D eigenvalue weighted by molar-refractivity contribution is 0.0606. The van der Waals surface area contributed by atoms with E-state index in [1.54, 1.807) is 26.6 Å². The maximum absolute atomic E-state index is 13.2. The zero-order chi connectivity index (χ0) is 24.2. The molecule has 1 aromatic carbocycles. The first-order chi connectivity index (χ1) is 17.1. The number of carbonyl (C=O) groups is 1. The molecule has 0 bridgehead atoms. The molecule has 8 nitrogen and oxygen atoms in total. The van der Waals surface area contributed by atoms with E-state index in [9.17, 15) is 4.79 Å². The van der Waals surface area contributed by atoms with Crippen LogP contribution in [-0.2, 0) is 6.54 Å². The summed E-state index contributed by atoms with van der Waals surface area (Å²) in [4.78, 5) is 22.3. The average Bonchev–Trinajstić information content (AvgIpc) is 3.31. The van der Waals surface area contributed by atoms with Crippen molar-refractivity contribution in [3.05, 3.63) is 47.8 Å². The molecule has 0 spiro atoms. The SMILES string of the molecule is COc1ccc(Cn2ncc3cc(C(=O)N4CCN(CC5CCCCC5)CC4)cnc32)c(OC)c1. The van der Waals surface area contributed by atoms with Gasteiger partial charge in [-0.1, -0.05) is 19.3 Å². The highest BCUT2D eigenvalue weighted by atomic mass is 16.5. The molecule has 0 N–H and O–H groups in total. The number of carbonyl (C=O) groups excluding carboxylic acids is 1. The van der Waals surface area contributed by atoms with Crippen LogP contribution >= 0.6 is 0 Å². The molecular weight excluding hydrogens is 442 g/mol. The van der Waals surface area contributed by atoms with E-state index in [-0.39, 0.29) is 5.91 Å². The number of pyridine rings is 1. The van der Waals surface area contributed by atoms with Crippen molar-refractivity contribution < 1.29 is 14.3 Å². The molecule has 1 aliphatic heterocycles. The minimum absolute atomic E-state index is 0.0568. The second-order valence-corrected chi connectivity index (χ2v) is 9.71. The van der Waals surface area contributed by atoms with Crippen LogP contribution in [0.15, 0.2) is 36.7 Å². The molecule has 0 atom stereocenters. The molecule has 3 aromatic rings. The van der Waals surface area contributed by atoms with Gasteiger partial charge in [-0.05, 0) is 37.0 Å². The molecular formula is C27H35N5O3. The number of nitrogens with zero attached hydrogens (tertiary/aromatic N) is 5. The first-order valence-electron chi connectivity index (χ1n) is 12.7. The van der Waals surface area contributed by atoms with Gasteiger partial charge in [0.15, 0.2) is 5.65 Å².